The number of benzene rings is 2. The first-order valence-electron chi connectivity index (χ1n) is 5.95. The molecule has 0 fully saturated rings. The maximum atomic E-state index is 12.3. The quantitative estimate of drug-likeness (QED) is 0.848. The zero-order valence-corrected chi connectivity index (χ0v) is 12.1. The minimum atomic E-state index is -3.66. The molecule has 0 amide bonds. The zero-order chi connectivity index (χ0) is 14.8. The summed E-state index contributed by atoms with van der Waals surface area (Å²) in [6.07, 6.45) is 0. The molecule has 5 nitrogen and oxygen atoms in total. The van der Waals surface area contributed by atoms with Gasteiger partial charge in [-0.3, -0.25) is 4.72 Å². The third kappa shape index (κ3) is 3.03. The summed E-state index contributed by atoms with van der Waals surface area (Å²) in [5.41, 5.74) is 7.39. The number of nitrogen functional groups attached to an aromatic ring is 1. The van der Waals surface area contributed by atoms with Crippen molar-refractivity contribution in [1.29, 1.82) is 0 Å². The van der Waals surface area contributed by atoms with Gasteiger partial charge in [0.25, 0.3) is 10.0 Å². The molecule has 0 aliphatic rings. The topological polar surface area (TPSA) is 81.4 Å². The van der Waals surface area contributed by atoms with Gasteiger partial charge in [-0.2, -0.15) is 0 Å². The second kappa shape index (κ2) is 5.42. The number of sulfonamides is 1. The van der Waals surface area contributed by atoms with Crippen molar-refractivity contribution in [2.24, 2.45) is 0 Å². The lowest BCUT2D eigenvalue weighted by atomic mass is 10.2. The zero-order valence-electron chi connectivity index (χ0n) is 11.3. The van der Waals surface area contributed by atoms with Gasteiger partial charge in [0.15, 0.2) is 0 Å². The van der Waals surface area contributed by atoms with E-state index in [0.717, 1.165) is 5.56 Å². The smallest absolute Gasteiger partial charge is 0.261 e. The Morgan fingerprint density at radius 1 is 1.10 bits per heavy atom. The third-order valence-electron chi connectivity index (χ3n) is 2.84. The van der Waals surface area contributed by atoms with Crippen LogP contribution in [-0.2, 0) is 10.0 Å². The molecule has 0 atom stereocenters. The van der Waals surface area contributed by atoms with Gasteiger partial charge in [0.1, 0.15) is 5.75 Å². The van der Waals surface area contributed by atoms with Gasteiger partial charge in [-0.15, -0.1) is 0 Å². The Balaban J connectivity index is 2.35. The molecule has 0 saturated heterocycles. The van der Waals surface area contributed by atoms with E-state index in [1.54, 1.807) is 42.5 Å². The van der Waals surface area contributed by atoms with Crippen LogP contribution in [0.25, 0.3) is 0 Å². The van der Waals surface area contributed by atoms with Gasteiger partial charge in [0, 0.05) is 6.07 Å². The third-order valence-corrected chi connectivity index (χ3v) is 4.22. The van der Waals surface area contributed by atoms with Gasteiger partial charge in [-0.25, -0.2) is 8.42 Å². The normalized spacial score (nSPS) is 11.1. The Hall–Kier alpha value is -2.21. The fourth-order valence-electron chi connectivity index (χ4n) is 1.67. The summed E-state index contributed by atoms with van der Waals surface area (Å²) in [4.78, 5) is 0.185. The van der Waals surface area contributed by atoms with Crippen LogP contribution >= 0.6 is 0 Å². The number of ether oxygens (including phenoxy) is 1. The average molecular weight is 292 g/mol. The highest BCUT2D eigenvalue weighted by molar-refractivity contribution is 7.92. The lowest BCUT2D eigenvalue weighted by Crippen LogP contribution is -2.14. The molecular formula is C14H16N2O3S. The predicted molar refractivity (Wildman–Crippen MR) is 79.4 cm³/mol. The summed E-state index contributed by atoms with van der Waals surface area (Å²) in [6, 6.07) is 11.4. The minimum absolute atomic E-state index is 0.185. The van der Waals surface area contributed by atoms with E-state index in [4.69, 9.17) is 10.5 Å². The van der Waals surface area contributed by atoms with Crippen LogP contribution in [0.2, 0.25) is 0 Å². The molecule has 0 radical (unpaired) electrons. The van der Waals surface area contributed by atoms with Gasteiger partial charge >= 0.3 is 0 Å². The van der Waals surface area contributed by atoms with Crippen LogP contribution in [0.1, 0.15) is 5.56 Å². The van der Waals surface area contributed by atoms with Crippen LogP contribution in [-0.4, -0.2) is 15.5 Å². The highest BCUT2D eigenvalue weighted by atomic mass is 32.2. The van der Waals surface area contributed by atoms with E-state index in [-0.39, 0.29) is 4.90 Å². The number of hydrogen-bond acceptors (Lipinski definition) is 4. The number of methoxy groups -OCH3 is 1. The van der Waals surface area contributed by atoms with E-state index >= 15 is 0 Å². The number of rotatable bonds is 4. The SMILES string of the molecule is COc1ccc(N)c(NS(=O)(=O)c2ccc(C)cc2)c1. The second-order valence-corrected chi connectivity index (χ2v) is 6.05. The summed E-state index contributed by atoms with van der Waals surface area (Å²) < 4.78 is 32.0. The molecule has 3 N–H and O–H groups in total. The van der Waals surface area contributed by atoms with Crippen molar-refractivity contribution in [3.8, 4) is 5.75 Å². The fourth-order valence-corrected chi connectivity index (χ4v) is 2.75. The van der Waals surface area contributed by atoms with E-state index in [1.165, 1.54) is 7.11 Å². The largest absolute Gasteiger partial charge is 0.497 e. The van der Waals surface area contributed by atoms with E-state index in [2.05, 4.69) is 4.72 Å². The second-order valence-electron chi connectivity index (χ2n) is 4.37. The van der Waals surface area contributed by atoms with Gasteiger partial charge in [-0.05, 0) is 31.2 Å². The Morgan fingerprint density at radius 3 is 2.35 bits per heavy atom. The molecule has 0 aromatic heterocycles. The number of aryl methyl sites for hydroxylation is 1. The minimum Gasteiger partial charge on any atom is -0.497 e. The fraction of sp³-hybridized carbons (Fsp3) is 0.143. The first kappa shape index (κ1) is 14.2. The number of anilines is 2. The van der Waals surface area contributed by atoms with Crippen LogP contribution in [0, 0.1) is 6.92 Å². The van der Waals surface area contributed by atoms with E-state index in [1.807, 2.05) is 6.92 Å². The lowest BCUT2D eigenvalue weighted by molar-refractivity contribution is 0.415. The Bertz CT molecular complexity index is 710. The van der Waals surface area contributed by atoms with Crippen molar-refractivity contribution in [3.05, 3.63) is 48.0 Å². The molecule has 0 unspecified atom stereocenters. The van der Waals surface area contributed by atoms with Crippen molar-refractivity contribution >= 4 is 21.4 Å². The van der Waals surface area contributed by atoms with Gasteiger partial charge in [0.2, 0.25) is 0 Å². The van der Waals surface area contributed by atoms with Crippen LogP contribution in [0.5, 0.6) is 5.75 Å². The molecule has 0 aliphatic carbocycles. The van der Waals surface area contributed by atoms with Crippen molar-refractivity contribution < 1.29 is 13.2 Å². The van der Waals surface area contributed by atoms with Crippen LogP contribution in [0.3, 0.4) is 0 Å². The van der Waals surface area contributed by atoms with Crippen LogP contribution in [0.15, 0.2) is 47.4 Å². The molecule has 2 rings (SSSR count). The molecule has 2 aromatic rings. The molecule has 0 aliphatic heterocycles. The number of nitrogens with one attached hydrogen (secondary N) is 1. The maximum absolute atomic E-state index is 12.3. The standard InChI is InChI=1S/C14H16N2O3S/c1-10-3-6-12(7-4-10)20(17,18)16-14-9-11(19-2)5-8-13(14)15/h3-9,16H,15H2,1-2H3. The summed E-state index contributed by atoms with van der Waals surface area (Å²) in [6.45, 7) is 1.89. The monoisotopic (exact) mass is 292 g/mol. The van der Waals surface area contributed by atoms with Gasteiger partial charge in [0.05, 0.1) is 23.4 Å². The van der Waals surface area contributed by atoms with Crippen LogP contribution in [0.4, 0.5) is 11.4 Å². The average Bonchev–Trinajstić information content (AvgIpc) is 2.41. The summed E-state index contributed by atoms with van der Waals surface area (Å²) in [5.74, 6) is 0.529. The molecule has 0 heterocycles. The molecule has 0 bridgehead atoms. The highest BCUT2D eigenvalue weighted by Gasteiger charge is 2.15. The molecule has 0 spiro atoms. The maximum Gasteiger partial charge on any atom is 0.261 e. The van der Waals surface area contributed by atoms with Crippen LogP contribution < -0.4 is 15.2 Å². The Kier molecular flexibility index (Phi) is 3.85. The van der Waals surface area contributed by atoms with Gasteiger partial charge < -0.3 is 10.5 Å². The molecule has 106 valence electrons. The number of hydrogen-bond donors (Lipinski definition) is 2. The first-order valence-corrected chi connectivity index (χ1v) is 7.44. The van der Waals surface area contributed by atoms with Crippen molar-refractivity contribution in [2.75, 3.05) is 17.6 Å². The van der Waals surface area contributed by atoms with Crippen molar-refractivity contribution in [2.45, 2.75) is 11.8 Å². The summed E-state index contributed by atoms with van der Waals surface area (Å²) >= 11 is 0. The Labute approximate surface area is 118 Å². The van der Waals surface area contributed by atoms with E-state index < -0.39 is 10.0 Å². The lowest BCUT2D eigenvalue weighted by Gasteiger charge is -2.11. The Morgan fingerprint density at radius 2 is 1.75 bits per heavy atom. The first-order chi connectivity index (χ1) is 9.42. The summed E-state index contributed by atoms with van der Waals surface area (Å²) in [7, 11) is -2.16. The van der Waals surface area contributed by atoms with Crippen molar-refractivity contribution in [3.63, 3.8) is 0 Å². The molecule has 6 heteroatoms. The molecule has 0 saturated carbocycles. The van der Waals surface area contributed by atoms with Gasteiger partial charge in [-0.1, -0.05) is 17.7 Å². The summed E-state index contributed by atoms with van der Waals surface area (Å²) in [5, 5.41) is 0. The molecular weight excluding hydrogens is 276 g/mol. The van der Waals surface area contributed by atoms with Crippen molar-refractivity contribution in [1.82, 2.24) is 0 Å². The molecule has 2 aromatic carbocycles. The van der Waals surface area contributed by atoms with E-state index in [0.29, 0.717) is 17.1 Å². The van der Waals surface area contributed by atoms with E-state index in [9.17, 15) is 8.42 Å². The highest BCUT2D eigenvalue weighted by Crippen LogP contribution is 2.26. The molecule has 20 heavy (non-hydrogen) atoms. The predicted octanol–water partition coefficient (Wildman–Crippen LogP) is 2.39. The number of nitrogens with two attached hydrogens (primary N) is 1.